The van der Waals surface area contributed by atoms with E-state index in [9.17, 15) is 85.3 Å². The zero-order valence-electron chi connectivity index (χ0n) is 68.5. The lowest BCUT2D eigenvalue weighted by molar-refractivity contribution is -0.791. The number of aromatic amines is 3. The van der Waals surface area contributed by atoms with Crippen LogP contribution in [0, 0.1) is 48.1 Å². The highest BCUT2D eigenvalue weighted by atomic mass is 32.2. The summed E-state index contributed by atoms with van der Waals surface area (Å²) in [5.41, 5.74) is 5.91. The fraction of sp³-hybridized carbons (Fsp3) is 0.544. The molecule has 3 aliphatic rings. The normalized spacial score (nSPS) is 15.7. The van der Waals surface area contributed by atoms with Crippen molar-refractivity contribution < 1.29 is 84.6 Å². The molecule has 3 atom stereocenters. The van der Waals surface area contributed by atoms with Crippen LogP contribution < -0.4 is 30.9 Å². The first-order chi connectivity index (χ1) is 57.2. The summed E-state index contributed by atoms with van der Waals surface area (Å²) in [5.74, 6) is 0.864. The van der Waals surface area contributed by atoms with Gasteiger partial charge in [0.1, 0.15) is 70.6 Å². The zero-order chi connectivity index (χ0) is 87.1. The number of nitrogens with zero attached hydrogens (tertiary/aromatic N) is 12. The summed E-state index contributed by atoms with van der Waals surface area (Å²) in [4.78, 5) is 107. The number of ether oxygens (including phenoxy) is 3. The maximum Gasteiger partial charge on any atom is 0.294 e. The van der Waals surface area contributed by atoms with Gasteiger partial charge in [-0.1, -0.05) is 68.2 Å². The first-order valence-corrected chi connectivity index (χ1v) is 44.4. The number of hydrogen-bond donors (Lipinski definition) is 6. The summed E-state index contributed by atoms with van der Waals surface area (Å²) >= 11 is 0. The molecule has 0 unspecified atom stereocenters. The molecule has 0 radical (unpaired) electrons. The number of rotatable bonds is 36. The van der Waals surface area contributed by atoms with E-state index in [1.165, 1.54) is 55.4 Å². The van der Waals surface area contributed by atoms with E-state index in [1.54, 1.807) is 39.9 Å². The molecule has 6 aromatic heterocycles. The number of aromatic nitrogens is 9. The smallest absolute Gasteiger partial charge is 0.294 e. The molecule has 0 saturated carbocycles. The average molecular weight is 1750 g/mol. The first-order valence-electron chi connectivity index (χ1n) is 40.1. The lowest BCUT2D eigenvalue weighted by atomic mass is 9.92. The van der Waals surface area contributed by atoms with E-state index < -0.39 is 82.8 Å². The highest BCUT2D eigenvalue weighted by Gasteiger charge is 2.38. The third kappa shape index (κ3) is 22.1. The van der Waals surface area contributed by atoms with Gasteiger partial charge in [-0.2, -0.15) is 12.9 Å². The van der Waals surface area contributed by atoms with Crippen LogP contribution in [0.15, 0.2) is 102 Å². The van der Waals surface area contributed by atoms with Crippen molar-refractivity contribution >= 4 is 63.2 Å². The molecule has 3 saturated heterocycles. The van der Waals surface area contributed by atoms with E-state index in [0.29, 0.717) is 125 Å². The molecule has 39 nitrogen and oxygen atoms in total. The van der Waals surface area contributed by atoms with Crippen molar-refractivity contribution in [2.45, 2.75) is 178 Å². The number of aryl methyl sites for hydroxylation is 6. The number of aliphatic hydroxyl groups is 3. The standard InChI is InChI=1S/C26H34N6O10S.C26H35N5O8S.C26H36N4O6S.CH4/c1-4-6-18-15-29(3)24-23(18)27-25(28-26(24)33)20-14-19(7-8-21(20)40-13-5-2)43(38,39)30-11-9-17(10-12-30)22(42-32(36)37)16-41-31(34)35;1-4-6-18-15-29(3)24-23(18)27-25(28-26(24)33)20-14-19(7-8-22(20)38-13-5-2)40(36,37)30-11-9-17(10-12-30)21(32)16-39-31(34)35;1-4-6-18-15-29(3)24-23(18)27-25(28-26(24)33)20-14-19(7-8-22(20)36-13-5-2)37(34,35)30-11-9-17(10-12-30)21(32)16-31;/h7-8,14-15,17,22H,4-6,9-13,16H2,1-3H3,(H,27,28,33);7-8,14-15,17,21,32H,4-6,9-13,16H2,1-3H3,(H,27,28,33);7-8,14-15,17,21,31-32H,4-6,9-13,16H2,1-3H3,(H,27,28,33);1H4/t22-;2*21-;/m000./s1. The van der Waals surface area contributed by atoms with Crippen molar-refractivity contribution in [1.82, 2.24) is 56.5 Å². The lowest BCUT2D eigenvalue weighted by Crippen LogP contribution is -2.43. The molecule has 12 rings (SSSR count). The highest BCUT2D eigenvalue weighted by Crippen LogP contribution is 2.39. The van der Waals surface area contributed by atoms with Crippen molar-refractivity contribution in [1.29, 1.82) is 0 Å². The van der Waals surface area contributed by atoms with Crippen LogP contribution in [0.2, 0.25) is 0 Å². The minimum Gasteiger partial charge on any atom is -0.493 e. The van der Waals surface area contributed by atoms with E-state index in [1.807, 2.05) is 60.3 Å². The molecule has 121 heavy (non-hydrogen) atoms. The van der Waals surface area contributed by atoms with Crippen LogP contribution in [-0.4, -0.2) is 210 Å². The van der Waals surface area contributed by atoms with Crippen molar-refractivity contribution in [3.05, 3.63) is 151 Å². The van der Waals surface area contributed by atoms with Crippen LogP contribution in [0.1, 0.15) is 143 Å². The van der Waals surface area contributed by atoms with Gasteiger partial charge in [-0.25, -0.2) is 40.2 Å². The average Bonchev–Trinajstić information content (AvgIpc) is 1.59. The minimum atomic E-state index is -4.05. The summed E-state index contributed by atoms with van der Waals surface area (Å²) in [7, 11) is -6.46. The van der Waals surface area contributed by atoms with E-state index in [-0.39, 0.29) is 127 Å². The summed E-state index contributed by atoms with van der Waals surface area (Å²) in [6.07, 6.45) is 11.4. The third-order valence-corrected chi connectivity index (χ3v) is 27.1. The van der Waals surface area contributed by atoms with Crippen molar-refractivity contribution in [3.63, 3.8) is 0 Å². The topological polar surface area (TPSA) is 510 Å². The molecule has 0 aliphatic carbocycles. The number of sulfonamides is 3. The lowest BCUT2D eigenvalue weighted by Gasteiger charge is -2.34. The number of H-pyrrole nitrogens is 3. The maximum absolute atomic E-state index is 13.7. The minimum absolute atomic E-state index is 0. The van der Waals surface area contributed by atoms with E-state index >= 15 is 0 Å². The van der Waals surface area contributed by atoms with Gasteiger partial charge in [0.2, 0.25) is 30.1 Å². The fourth-order valence-electron chi connectivity index (χ4n) is 15.3. The SMILES string of the molecule is C.CCCOc1ccc(S(=O)(=O)N2CCC([C@@H](O)CO)CC2)cc1-c1nc2c(CCC)cn(C)c2c(=O)[nH]1.CCCOc1ccc(S(=O)(=O)N2CCC([C@@H](O)CO[N+](=O)[O-])CC2)cc1-c1nc2c(CCC)cn(C)c2c(=O)[nH]1.CCCOc1ccc(S(=O)(=O)N2CCC([C@H](CO[N+](=O)[O-])O[N+](=O)[O-])CC2)cc1-c1nc2c(CCC)cn(C)c2c(=O)[nH]1. The quantitative estimate of drug-likeness (QED) is 0.0158. The van der Waals surface area contributed by atoms with Crippen LogP contribution in [0.25, 0.3) is 67.3 Å². The van der Waals surface area contributed by atoms with Crippen LogP contribution in [0.4, 0.5) is 0 Å². The number of piperidine rings is 3. The zero-order valence-corrected chi connectivity index (χ0v) is 70.9. The molecule has 0 amide bonds. The van der Waals surface area contributed by atoms with E-state index in [0.717, 1.165) is 61.6 Å². The summed E-state index contributed by atoms with van der Waals surface area (Å²) < 4.78 is 109. The fourth-order valence-corrected chi connectivity index (χ4v) is 19.8. The molecule has 3 aliphatic heterocycles. The Bertz CT molecular complexity index is 5670. The van der Waals surface area contributed by atoms with Gasteiger partial charge in [-0.15, -0.1) is 30.3 Å². The Kier molecular flexibility index (Phi) is 32.7. The van der Waals surface area contributed by atoms with Gasteiger partial charge >= 0.3 is 0 Å². The van der Waals surface area contributed by atoms with Crippen LogP contribution >= 0.6 is 0 Å². The highest BCUT2D eigenvalue weighted by molar-refractivity contribution is 7.89. The Morgan fingerprint density at radius 3 is 1.03 bits per heavy atom. The Labute approximate surface area is 699 Å². The van der Waals surface area contributed by atoms with Gasteiger partial charge in [-0.3, -0.25) is 14.4 Å². The van der Waals surface area contributed by atoms with Crippen molar-refractivity contribution in [2.75, 3.05) is 78.9 Å². The Hall–Kier alpha value is -10.5. The van der Waals surface area contributed by atoms with Gasteiger partial charge in [0, 0.05) is 79.0 Å². The van der Waals surface area contributed by atoms with Gasteiger partial charge in [-0.05, 0) is 166 Å². The number of fused-ring (bicyclic) bond motifs is 3. The number of nitrogens with one attached hydrogen (secondary N) is 3. The molecule has 3 aromatic carbocycles. The summed E-state index contributed by atoms with van der Waals surface area (Å²) in [6, 6.07) is 13.5. The van der Waals surface area contributed by atoms with Gasteiger partial charge in [0.25, 0.3) is 31.9 Å². The largest absolute Gasteiger partial charge is 0.493 e. The predicted octanol–water partition coefficient (Wildman–Crippen LogP) is 8.56. The summed E-state index contributed by atoms with van der Waals surface area (Å²) in [5, 5.41) is 58.2. The van der Waals surface area contributed by atoms with Crippen molar-refractivity contribution in [3.8, 4) is 51.4 Å². The Balaban J connectivity index is 0.000000206. The third-order valence-electron chi connectivity index (χ3n) is 21.4. The second-order valence-electron chi connectivity index (χ2n) is 29.8. The number of aliphatic hydroxyl groups excluding tert-OH is 3. The molecule has 0 bridgehead atoms. The molecular formula is C79H109N15O24S3. The van der Waals surface area contributed by atoms with Crippen LogP contribution in [0.3, 0.4) is 0 Å². The maximum atomic E-state index is 13.7. The number of hydrogen-bond acceptors (Lipinski definition) is 27. The summed E-state index contributed by atoms with van der Waals surface area (Å²) in [6.45, 7) is 12.5. The second kappa shape index (κ2) is 41.9. The molecule has 9 heterocycles. The van der Waals surface area contributed by atoms with Crippen LogP contribution in [0.5, 0.6) is 17.2 Å². The van der Waals surface area contributed by atoms with Crippen LogP contribution in [-0.2, 0) is 85.0 Å². The van der Waals surface area contributed by atoms with Gasteiger partial charge in [0.15, 0.2) is 0 Å². The molecule has 6 N–H and O–H groups in total. The molecule has 42 heteroatoms. The van der Waals surface area contributed by atoms with Gasteiger partial charge < -0.3 is 72.7 Å². The molecule has 3 fully saturated rings. The molecule has 662 valence electrons. The second-order valence-corrected chi connectivity index (χ2v) is 35.7. The Morgan fingerprint density at radius 1 is 0.455 bits per heavy atom. The number of benzene rings is 3. The molecular weight excluding hydrogens is 1640 g/mol. The van der Waals surface area contributed by atoms with Crippen molar-refractivity contribution in [2.24, 2.45) is 38.9 Å². The predicted molar refractivity (Wildman–Crippen MR) is 448 cm³/mol. The molecule has 9 aromatic rings. The molecule has 0 spiro atoms. The first kappa shape index (κ1) is 94.4. The van der Waals surface area contributed by atoms with E-state index in [4.69, 9.17) is 29.2 Å². The van der Waals surface area contributed by atoms with E-state index in [2.05, 4.69) is 36.4 Å². The van der Waals surface area contributed by atoms with Gasteiger partial charge in [0.05, 0.1) is 86.6 Å². The monoisotopic (exact) mass is 1750 g/mol. The Morgan fingerprint density at radius 2 is 0.752 bits per heavy atom.